The summed E-state index contributed by atoms with van der Waals surface area (Å²) < 4.78 is 105. The van der Waals surface area contributed by atoms with E-state index < -0.39 is 46.4 Å². The van der Waals surface area contributed by atoms with Crippen molar-refractivity contribution in [1.29, 1.82) is 0 Å². The van der Waals surface area contributed by atoms with E-state index in [-0.39, 0.29) is 22.1 Å². The molecule has 1 aromatic carbocycles. The molecule has 1 aliphatic heterocycles. The van der Waals surface area contributed by atoms with Crippen LogP contribution in [0, 0.1) is 5.92 Å². The van der Waals surface area contributed by atoms with Crippen molar-refractivity contribution in [2.75, 3.05) is 11.4 Å². The van der Waals surface area contributed by atoms with E-state index in [2.05, 4.69) is 9.97 Å². The van der Waals surface area contributed by atoms with Gasteiger partial charge in [-0.15, -0.1) is 0 Å². The van der Waals surface area contributed by atoms with E-state index in [1.165, 1.54) is 18.6 Å². The molecule has 1 fully saturated rings. The van der Waals surface area contributed by atoms with Gasteiger partial charge in [0.1, 0.15) is 0 Å². The molecule has 0 spiro atoms. The van der Waals surface area contributed by atoms with Crippen LogP contribution in [0.4, 0.5) is 32.0 Å². The van der Waals surface area contributed by atoms with E-state index in [0.717, 1.165) is 25.0 Å². The highest BCUT2D eigenvalue weighted by Crippen LogP contribution is 2.40. The smallest absolute Gasteiger partial charge is 0.361 e. The molecular weight excluding hydrogens is 474 g/mol. The molecule has 4 rings (SSSR count). The fourth-order valence-electron chi connectivity index (χ4n) is 4.13. The lowest BCUT2D eigenvalue weighted by Gasteiger charge is -2.34. The quantitative estimate of drug-likeness (QED) is 0.591. The number of halogens is 6. The van der Waals surface area contributed by atoms with Gasteiger partial charge in [0.25, 0.3) is 0 Å². The lowest BCUT2D eigenvalue weighted by molar-refractivity contribution is -0.137. The minimum absolute atomic E-state index is 0.133. The molecule has 1 N–H and O–H groups in total. The number of aromatic amines is 1. The summed E-state index contributed by atoms with van der Waals surface area (Å²) in [6.45, 7) is -1.16. The van der Waals surface area contributed by atoms with Crippen molar-refractivity contribution in [3.8, 4) is 0 Å². The first kappa shape index (κ1) is 23.9. The summed E-state index contributed by atoms with van der Waals surface area (Å²) in [5.74, 6) is 0.432. The number of aromatic nitrogens is 2. The van der Waals surface area contributed by atoms with E-state index in [4.69, 9.17) is 0 Å². The number of fused-ring (bicyclic) bond motifs is 1. The van der Waals surface area contributed by atoms with Crippen LogP contribution in [-0.2, 0) is 29.3 Å². The van der Waals surface area contributed by atoms with Crippen LogP contribution in [0.1, 0.15) is 42.5 Å². The first-order chi connectivity index (χ1) is 15.4. The van der Waals surface area contributed by atoms with Crippen molar-refractivity contribution in [1.82, 2.24) is 14.3 Å². The highest BCUT2D eigenvalue weighted by atomic mass is 32.2. The summed E-state index contributed by atoms with van der Waals surface area (Å²) in [6, 6.07) is 2.15. The number of rotatable bonds is 6. The molecule has 1 aliphatic carbocycles. The number of nitrogens with one attached hydrogen (secondary N) is 1. The molecule has 1 saturated carbocycles. The minimum Gasteiger partial charge on any atom is -0.361 e. The number of sulfonamides is 1. The molecule has 1 aromatic heterocycles. The van der Waals surface area contributed by atoms with E-state index in [9.17, 15) is 34.8 Å². The van der Waals surface area contributed by atoms with Crippen molar-refractivity contribution >= 4 is 15.7 Å². The topological polar surface area (TPSA) is 69.3 Å². The molecule has 2 heterocycles. The van der Waals surface area contributed by atoms with Gasteiger partial charge in [-0.3, -0.25) is 0 Å². The Labute approximate surface area is 186 Å². The zero-order chi connectivity index (χ0) is 24.0. The maximum atomic E-state index is 13.4. The zero-order valence-corrected chi connectivity index (χ0v) is 18.1. The number of hydrogen-bond acceptors (Lipinski definition) is 4. The van der Waals surface area contributed by atoms with Crippen molar-refractivity contribution in [2.45, 2.75) is 56.5 Å². The number of H-pyrrole nitrogens is 1. The van der Waals surface area contributed by atoms with Crippen molar-refractivity contribution < 1.29 is 34.8 Å². The number of hydrogen-bond donors (Lipinski definition) is 1. The highest BCUT2D eigenvalue weighted by Gasteiger charge is 2.51. The second-order valence-electron chi connectivity index (χ2n) is 8.46. The van der Waals surface area contributed by atoms with E-state index in [1.54, 1.807) is 4.90 Å². The van der Waals surface area contributed by atoms with Gasteiger partial charge in [-0.1, -0.05) is 12.8 Å². The molecule has 33 heavy (non-hydrogen) atoms. The zero-order valence-electron chi connectivity index (χ0n) is 17.3. The Balaban J connectivity index is 1.80. The van der Waals surface area contributed by atoms with Gasteiger partial charge < -0.3 is 9.88 Å². The van der Waals surface area contributed by atoms with Gasteiger partial charge in [-0.2, -0.15) is 30.6 Å². The predicted molar refractivity (Wildman–Crippen MR) is 107 cm³/mol. The summed E-state index contributed by atoms with van der Waals surface area (Å²) in [6.07, 6.45) is 1.31. The number of benzene rings is 1. The van der Waals surface area contributed by atoms with Crippen LogP contribution in [-0.4, -0.2) is 40.8 Å². The van der Waals surface area contributed by atoms with Crippen LogP contribution in [0.5, 0.6) is 0 Å². The van der Waals surface area contributed by atoms with Gasteiger partial charge in [-0.25, -0.2) is 13.4 Å². The Hall–Kier alpha value is -2.28. The standard InChI is InChI=1S/C20H22F6N4O2S/c21-19(22,23)15-4-6-18-14(7-15)9-29(33(31,32)20(24,25)26)11-17(5-3-13-1-2-13)30(18)10-16-8-27-12-28-16/h4,6-8,12-13,17H,1-3,5,9-11H2,(H,27,28)/t17-/m0/s1. The predicted octanol–water partition coefficient (Wildman–Crippen LogP) is 4.66. The molecule has 1 atom stereocenters. The fourth-order valence-corrected chi connectivity index (χ4v) is 5.10. The molecule has 6 nitrogen and oxygen atoms in total. The summed E-state index contributed by atoms with van der Waals surface area (Å²) in [7, 11) is -5.75. The number of anilines is 1. The number of alkyl halides is 6. The van der Waals surface area contributed by atoms with E-state index >= 15 is 0 Å². The summed E-state index contributed by atoms with van der Waals surface area (Å²) in [5, 5.41) is 0. The second-order valence-corrected chi connectivity index (χ2v) is 10.4. The molecule has 2 aliphatic rings. The van der Waals surface area contributed by atoms with Gasteiger partial charge in [0.2, 0.25) is 0 Å². The van der Waals surface area contributed by atoms with Crippen LogP contribution in [0.15, 0.2) is 30.7 Å². The van der Waals surface area contributed by atoms with Crippen LogP contribution in [0.2, 0.25) is 0 Å². The number of nitrogens with zero attached hydrogens (tertiary/aromatic N) is 3. The second kappa shape index (κ2) is 8.49. The third kappa shape index (κ3) is 5.13. The Morgan fingerprint density at radius 1 is 1.09 bits per heavy atom. The van der Waals surface area contributed by atoms with Crippen molar-refractivity contribution in [3.05, 3.63) is 47.5 Å². The van der Waals surface area contributed by atoms with Crippen LogP contribution in [0.25, 0.3) is 0 Å². The highest BCUT2D eigenvalue weighted by molar-refractivity contribution is 7.89. The maximum absolute atomic E-state index is 13.4. The van der Waals surface area contributed by atoms with Gasteiger partial charge in [-0.05, 0) is 42.5 Å². The molecule has 0 amide bonds. The number of imidazole rings is 1. The van der Waals surface area contributed by atoms with Crippen LogP contribution in [0.3, 0.4) is 0 Å². The molecule has 2 aromatic rings. The molecule has 0 saturated heterocycles. The Kier molecular flexibility index (Phi) is 6.14. The van der Waals surface area contributed by atoms with Gasteiger partial charge in [0.15, 0.2) is 0 Å². The van der Waals surface area contributed by atoms with Crippen LogP contribution >= 0.6 is 0 Å². The van der Waals surface area contributed by atoms with Gasteiger partial charge >= 0.3 is 21.7 Å². The molecule has 0 bridgehead atoms. The summed E-state index contributed by atoms with van der Waals surface area (Å²) >= 11 is 0. The first-order valence-electron chi connectivity index (χ1n) is 10.4. The Morgan fingerprint density at radius 2 is 1.82 bits per heavy atom. The molecule has 0 radical (unpaired) electrons. The monoisotopic (exact) mass is 496 g/mol. The normalized spacial score (nSPS) is 20.5. The van der Waals surface area contributed by atoms with E-state index in [1.807, 2.05) is 0 Å². The van der Waals surface area contributed by atoms with E-state index in [0.29, 0.717) is 24.5 Å². The van der Waals surface area contributed by atoms with Crippen molar-refractivity contribution in [3.63, 3.8) is 0 Å². The third-order valence-corrected chi connectivity index (χ3v) is 7.59. The molecule has 13 heteroatoms. The maximum Gasteiger partial charge on any atom is 0.511 e. The lowest BCUT2D eigenvalue weighted by Crippen LogP contribution is -2.47. The average Bonchev–Trinajstić information content (AvgIpc) is 3.43. The fraction of sp³-hybridized carbons (Fsp3) is 0.550. The molecule has 182 valence electrons. The molecular formula is C20H22F6N4O2S. The van der Waals surface area contributed by atoms with Gasteiger partial charge in [0, 0.05) is 31.0 Å². The van der Waals surface area contributed by atoms with Gasteiger partial charge in [0.05, 0.1) is 24.1 Å². The first-order valence-corrected chi connectivity index (χ1v) is 11.8. The lowest BCUT2D eigenvalue weighted by atomic mass is 10.0. The Bertz CT molecular complexity index is 1080. The summed E-state index contributed by atoms with van der Waals surface area (Å²) in [5.41, 5.74) is -5.87. The average molecular weight is 496 g/mol. The summed E-state index contributed by atoms with van der Waals surface area (Å²) in [4.78, 5) is 8.51. The SMILES string of the molecule is O=S(=O)(N1Cc2cc(C(F)(F)F)ccc2N(Cc2cnc[nH]2)[C@@H](CCC2CC2)C1)C(F)(F)F. The van der Waals surface area contributed by atoms with Crippen LogP contribution < -0.4 is 4.90 Å². The van der Waals surface area contributed by atoms with Crippen molar-refractivity contribution in [2.24, 2.45) is 5.92 Å². The molecule has 0 unspecified atom stereocenters. The third-order valence-electron chi connectivity index (χ3n) is 6.05. The minimum atomic E-state index is -5.75. The largest absolute Gasteiger partial charge is 0.511 e. The Morgan fingerprint density at radius 3 is 2.39 bits per heavy atom.